The van der Waals surface area contributed by atoms with Gasteiger partial charge in [0.25, 0.3) is 0 Å². The molecule has 0 bridgehead atoms. The van der Waals surface area contributed by atoms with E-state index in [1.807, 2.05) is 13.8 Å². The first-order valence-electron chi connectivity index (χ1n) is 5.54. The van der Waals surface area contributed by atoms with Gasteiger partial charge in [-0.15, -0.1) is 0 Å². The third-order valence-electron chi connectivity index (χ3n) is 2.21. The molecule has 2 N–H and O–H groups in total. The van der Waals surface area contributed by atoms with E-state index >= 15 is 0 Å². The number of nitrogens with two attached hydrogens (primary N) is 1. The zero-order valence-electron chi connectivity index (χ0n) is 10.1. The lowest BCUT2D eigenvalue weighted by Crippen LogP contribution is -2.15. The Kier molecular flexibility index (Phi) is 4.68. The summed E-state index contributed by atoms with van der Waals surface area (Å²) in [4.78, 5) is 22.2. The lowest BCUT2D eigenvalue weighted by Gasteiger charge is -2.05. The molecule has 0 aliphatic heterocycles. The monoisotopic (exact) mass is 239 g/mol. The number of primary amides is 1. The van der Waals surface area contributed by atoms with E-state index in [0.29, 0.717) is 18.7 Å². The van der Waals surface area contributed by atoms with Gasteiger partial charge in [0, 0.05) is 13.0 Å². The van der Waals surface area contributed by atoms with Crippen molar-refractivity contribution >= 4 is 11.9 Å². The average molecular weight is 239 g/mol. The molecule has 1 heterocycles. The Morgan fingerprint density at radius 3 is 2.82 bits per heavy atom. The third-order valence-corrected chi connectivity index (χ3v) is 2.21. The second-order valence-electron chi connectivity index (χ2n) is 3.69. The molecule has 0 atom stereocenters. The van der Waals surface area contributed by atoms with Gasteiger partial charge in [-0.25, -0.2) is 4.79 Å². The van der Waals surface area contributed by atoms with Gasteiger partial charge in [0.2, 0.25) is 5.91 Å². The highest BCUT2D eigenvalue weighted by atomic mass is 16.5. The van der Waals surface area contributed by atoms with Crippen LogP contribution in [0.5, 0.6) is 0 Å². The van der Waals surface area contributed by atoms with Crippen molar-refractivity contribution in [3.8, 4) is 0 Å². The molecule has 0 saturated carbocycles. The Bertz CT molecular complexity index is 412. The Morgan fingerprint density at radius 1 is 1.53 bits per heavy atom. The predicted molar refractivity (Wildman–Crippen MR) is 61.3 cm³/mol. The molecule has 6 nitrogen and oxygen atoms in total. The van der Waals surface area contributed by atoms with E-state index in [-0.39, 0.29) is 13.0 Å². The molecule has 0 aromatic carbocycles. The first-order valence-corrected chi connectivity index (χ1v) is 5.54. The number of hydrogen-bond acceptors (Lipinski definition) is 4. The van der Waals surface area contributed by atoms with Gasteiger partial charge in [0.15, 0.2) is 0 Å². The van der Waals surface area contributed by atoms with Gasteiger partial charge in [0.1, 0.15) is 5.69 Å². The number of nitrogens with zero attached hydrogens (tertiary/aromatic N) is 2. The summed E-state index contributed by atoms with van der Waals surface area (Å²) in [5.74, 6) is -0.813. The largest absolute Gasteiger partial charge is 0.461 e. The van der Waals surface area contributed by atoms with Crippen molar-refractivity contribution in [2.45, 2.75) is 33.2 Å². The van der Waals surface area contributed by atoms with Crippen LogP contribution in [0.1, 0.15) is 35.9 Å². The van der Waals surface area contributed by atoms with Crippen LogP contribution in [-0.2, 0) is 16.1 Å². The molecule has 1 aromatic rings. The van der Waals surface area contributed by atoms with E-state index in [1.54, 1.807) is 10.7 Å². The summed E-state index contributed by atoms with van der Waals surface area (Å²) in [6, 6.07) is 1.68. The zero-order valence-corrected chi connectivity index (χ0v) is 10.1. The van der Waals surface area contributed by atoms with Crippen molar-refractivity contribution in [3.05, 3.63) is 17.5 Å². The van der Waals surface area contributed by atoms with Gasteiger partial charge in [-0.1, -0.05) is 0 Å². The Labute approximate surface area is 99.7 Å². The normalized spacial score (nSPS) is 10.2. The molecule has 1 aromatic heterocycles. The average Bonchev–Trinajstić information content (AvgIpc) is 2.65. The van der Waals surface area contributed by atoms with Crippen LogP contribution in [0.15, 0.2) is 6.07 Å². The number of amides is 1. The summed E-state index contributed by atoms with van der Waals surface area (Å²) < 4.78 is 6.62. The quantitative estimate of drug-likeness (QED) is 0.582. The maximum Gasteiger partial charge on any atom is 0.356 e. The second-order valence-corrected chi connectivity index (χ2v) is 3.69. The van der Waals surface area contributed by atoms with E-state index in [9.17, 15) is 9.59 Å². The van der Waals surface area contributed by atoms with Crippen molar-refractivity contribution in [1.29, 1.82) is 0 Å². The van der Waals surface area contributed by atoms with Crippen molar-refractivity contribution in [1.82, 2.24) is 9.78 Å². The highest BCUT2D eigenvalue weighted by Crippen LogP contribution is 2.06. The minimum Gasteiger partial charge on any atom is -0.461 e. The van der Waals surface area contributed by atoms with Crippen molar-refractivity contribution < 1.29 is 14.3 Å². The van der Waals surface area contributed by atoms with E-state index in [4.69, 9.17) is 10.5 Å². The molecule has 0 saturated heterocycles. The van der Waals surface area contributed by atoms with Crippen LogP contribution in [0.25, 0.3) is 0 Å². The van der Waals surface area contributed by atoms with Crippen LogP contribution in [0.2, 0.25) is 0 Å². The molecular formula is C11H17N3O3. The maximum atomic E-state index is 11.7. The third kappa shape index (κ3) is 3.90. The number of aromatic nitrogens is 2. The first kappa shape index (κ1) is 13.2. The second kappa shape index (κ2) is 6.03. The Balaban J connectivity index is 2.49. The predicted octanol–water partition coefficient (Wildman–Crippen LogP) is 0.634. The first-order chi connectivity index (χ1) is 8.04. The van der Waals surface area contributed by atoms with Crippen LogP contribution < -0.4 is 5.73 Å². The summed E-state index contributed by atoms with van der Waals surface area (Å²) in [5, 5.41) is 4.15. The molecule has 1 amide bonds. The fourth-order valence-corrected chi connectivity index (χ4v) is 1.44. The molecule has 0 fully saturated rings. The van der Waals surface area contributed by atoms with Crippen molar-refractivity contribution in [2.24, 2.45) is 5.73 Å². The molecular weight excluding hydrogens is 222 g/mol. The number of hydrogen-bond donors (Lipinski definition) is 1. The summed E-state index contributed by atoms with van der Waals surface area (Å²) in [6.07, 6.45) is 0.666. The molecule has 0 unspecified atom stereocenters. The van der Waals surface area contributed by atoms with Gasteiger partial charge in [0.05, 0.1) is 12.3 Å². The Hall–Kier alpha value is -1.85. The molecule has 17 heavy (non-hydrogen) atoms. The Morgan fingerprint density at radius 2 is 2.24 bits per heavy atom. The smallest absolute Gasteiger partial charge is 0.356 e. The SMILES string of the molecule is CCn1nc(C)cc1C(=O)OCCCC(N)=O. The highest BCUT2D eigenvalue weighted by Gasteiger charge is 2.14. The van der Waals surface area contributed by atoms with E-state index < -0.39 is 11.9 Å². The number of carbonyl (C=O) groups excluding carboxylic acids is 2. The number of carbonyl (C=O) groups is 2. The topological polar surface area (TPSA) is 87.2 Å². The van der Waals surface area contributed by atoms with Gasteiger partial charge in [-0.2, -0.15) is 5.10 Å². The minimum absolute atomic E-state index is 0.190. The fraction of sp³-hybridized carbons (Fsp3) is 0.545. The van der Waals surface area contributed by atoms with Gasteiger partial charge in [-0.05, 0) is 26.3 Å². The van der Waals surface area contributed by atoms with Crippen LogP contribution in [0, 0.1) is 6.92 Å². The van der Waals surface area contributed by atoms with Gasteiger partial charge in [-0.3, -0.25) is 9.48 Å². The summed E-state index contributed by atoms with van der Waals surface area (Å²) in [6.45, 7) is 4.52. The van der Waals surface area contributed by atoms with E-state index in [0.717, 1.165) is 5.69 Å². The van der Waals surface area contributed by atoms with E-state index in [2.05, 4.69) is 5.10 Å². The fourth-order valence-electron chi connectivity index (χ4n) is 1.44. The lowest BCUT2D eigenvalue weighted by molar-refractivity contribution is -0.118. The maximum absolute atomic E-state index is 11.7. The van der Waals surface area contributed by atoms with Crippen molar-refractivity contribution in [3.63, 3.8) is 0 Å². The molecule has 0 aliphatic rings. The molecule has 0 radical (unpaired) electrons. The van der Waals surface area contributed by atoms with Crippen LogP contribution in [-0.4, -0.2) is 28.3 Å². The van der Waals surface area contributed by atoms with E-state index in [1.165, 1.54) is 0 Å². The van der Waals surface area contributed by atoms with Crippen LogP contribution >= 0.6 is 0 Å². The van der Waals surface area contributed by atoms with Gasteiger partial charge >= 0.3 is 5.97 Å². The number of aryl methyl sites for hydroxylation is 2. The van der Waals surface area contributed by atoms with Gasteiger partial charge < -0.3 is 10.5 Å². The molecule has 0 aliphatic carbocycles. The zero-order chi connectivity index (χ0) is 12.8. The molecule has 6 heteroatoms. The van der Waals surface area contributed by atoms with Crippen LogP contribution in [0.4, 0.5) is 0 Å². The molecule has 0 spiro atoms. The highest BCUT2D eigenvalue weighted by molar-refractivity contribution is 5.87. The lowest BCUT2D eigenvalue weighted by atomic mass is 10.3. The molecule has 94 valence electrons. The standard InChI is InChI=1S/C11H17N3O3/c1-3-14-9(7-8(2)13-14)11(16)17-6-4-5-10(12)15/h7H,3-6H2,1-2H3,(H2,12,15). The summed E-state index contributed by atoms with van der Waals surface area (Å²) >= 11 is 0. The number of ether oxygens (including phenoxy) is 1. The minimum atomic E-state index is -0.420. The summed E-state index contributed by atoms with van der Waals surface area (Å²) in [7, 11) is 0. The van der Waals surface area contributed by atoms with Crippen molar-refractivity contribution in [2.75, 3.05) is 6.61 Å². The van der Waals surface area contributed by atoms with Crippen LogP contribution in [0.3, 0.4) is 0 Å². The number of rotatable bonds is 6. The number of esters is 1. The molecule has 1 rings (SSSR count). The summed E-state index contributed by atoms with van der Waals surface area (Å²) in [5.41, 5.74) is 6.18.